The summed E-state index contributed by atoms with van der Waals surface area (Å²) in [5.74, 6) is 0.334. The fourth-order valence-electron chi connectivity index (χ4n) is 2.95. The molecular weight excluding hydrogens is 347 g/mol. The zero-order valence-electron chi connectivity index (χ0n) is 15.6. The van der Waals surface area contributed by atoms with Gasteiger partial charge in [-0.2, -0.15) is 0 Å². The Hall–Kier alpha value is -2.60. The Bertz CT molecular complexity index is 745. The summed E-state index contributed by atoms with van der Waals surface area (Å²) < 4.78 is 23.8. The molecule has 5 nitrogen and oxygen atoms in total. The summed E-state index contributed by atoms with van der Waals surface area (Å²) in [5, 5.41) is 0. The van der Waals surface area contributed by atoms with Crippen LogP contribution in [0.15, 0.2) is 48.5 Å². The minimum absolute atomic E-state index is 0.0387. The highest BCUT2D eigenvalue weighted by molar-refractivity contribution is 5.78. The van der Waals surface area contributed by atoms with Crippen LogP contribution >= 0.6 is 0 Å². The van der Waals surface area contributed by atoms with E-state index in [1.165, 1.54) is 12.1 Å². The number of morpholine rings is 1. The van der Waals surface area contributed by atoms with E-state index in [0.29, 0.717) is 25.3 Å². The number of rotatable bonds is 7. The van der Waals surface area contributed by atoms with Crippen molar-refractivity contribution in [1.29, 1.82) is 0 Å². The van der Waals surface area contributed by atoms with Gasteiger partial charge >= 0.3 is 0 Å². The van der Waals surface area contributed by atoms with Crippen LogP contribution in [-0.2, 0) is 16.0 Å². The minimum Gasteiger partial charge on any atom is -0.492 e. The number of hydrogen-bond donors (Lipinski definition) is 0. The number of amides is 1. The number of carbonyl (C=O) groups excluding carboxylic acids is 1. The summed E-state index contributed by atoms with van der Waals surface area (Å²) in [7, 11) is 1.77. The van der Waals surface area contributed by atoms with Crippen molar-refractivity contribution >= 4 is 11.6 Å². The molecule has 1 saturated heterocycles. The normalized spacial score (nSPS) is 14.1. The van der Waals surface area contributed by atoms with Crippen molar-refractivity contribution in [3.8, 4) is 5.75 Å². The van der Waals surface area contributed by atoms with Gasteiger partial charge in [0.1, 0.15) is 18.2 Å². The SMILES string of the molecule is CN(CCOc1ccc(F)cc1)C(=O)Cc1cccc(N2CCOCC2)c1. The van der Waals surface area contributed by atoms with Crippen LogP contribution in [0.4, 0.5) is 10.1 Å². The monoisotopic (exact) mass is 372 g/mol. The van der Waals surface area contributed by atoms with Crippen molar-refractivity contribution in [2.45, 2.75) is 6.42 Å². The fraction of sp³-hybridized carbons (Fsp3) is 0.381. The van der Waals surface area contributed by atoms with E-state index in [9.17, 15) is 9.18 Å². The van der Waals surface area contributed by atoms with E-state index in [1.54, 1.807) is 24.1 Å². The molecule has 1 aliphatic heterocycles. The van der Waals surface area contributed by atoms with Crippen LogP contribution in [0.1, 0.15) is 5.56 Å². The molecule has 27 heavy (non-hydrogen) atoms. The predicted molar refractivity (Wildman–Crippen MR) is 103 cm³/mol. The molecule has 2 aromatic carbocycles. The maximum atomic E-state index is 12.9. The van der Waals surface area contributed by atoms with E-state index < -0.39 is 0 Å². The summed E-state index contributed by atoms with van der Waals surface area (Å²) in [4.78, 5) is 16.4. The highest BCUT2D eigenvalue weighted by Gasteiger charge is 2.14. The van der Waals surface area contributed by atoms with Crippen molar-refractivity contribution in [3.05, 3.63) is 59.9 Å². The second kappa shape index (κ2) is 9.37. The molecule has 6 heteroatoms. The Morgan fingerprint density at radius 1 is 1.19 bits per heavy atom. The predicted octanol–water partition coefficient (Wildman–Crippen LogP) is 2.74. The lowest BCUT2D eigenvalue weighted by molar-refractivity contribution is -0.129. The Balaban J connectivity index is 1.48. The molecule has 0 radical (unpaired) electrons. The van der Waals surface area contributed by atoms with Crippen LogP contribution in [0, 0.1) is 5.82 Å². The number of nitrogens with zero attached hydrogens (tertiary/aromatic N) is 2. The third-order valence-corrected chi connectivity index (χ3v) is 4.58. The Labute approximate surface area is 159 Å². The second-order valence-electron chi connectivity index (χ2n) is 6.56. The first-order valence-electron chi connectivity index (χ1n) is 9.16. The van der Waals surface area contributed by atoms with E-state index in [0.717, 1.165) is 37.6 Å². The van der Waals surface area contributed by atoms with Crippen LogP contribution in [0.5, 0.6) is 5.75 Å². The summed E-state index contributed by atoms with van der Waals surface area (Å²) in [6.07, 6.45) is 0.352. The van der Waals surface area contributed by atoms with Crippen LogP contribution in [0.2, 0.25) is 0 Å². The summed E-state index contributed by atoms with van der Waals surface area (Å²) in [6.45, 7) is 4.05. The molecule has 144 valence electrons. The first kappa shape index (κ1) is 19.2. The standard InChI is InChI=1S/C21H25FN2O3/c1-23(9-14-27-20-7-5-18(22)6-8-20)21(25)16-17-3-2-4-19(15-17)24-10-12-26-13-11-24/h2-8,15H,9-14,16H2,1H3. The molecule has 0 atom stereocenters. The number of benzene rings is 2. The summed E-state index contributed by atoms with van der Waals surface area (Å²) in [5.41, 5.74) is 2.13. The largest absolute Gasteiger partial charge is 0.492 e. The quantitative estimate of drug-likeness (QED) is 0.750. The molecule has 0 aliphatic carbocycles. The third kappa shape index (κ3) is 5.69. The fourth-order valence-corrected chi connectivity index (χ4v) is 2.95. The van der Waals surface area contributed by atoms with Crippen LogP contribution in [0.3, 0.4) is 0 Å². The Kier molecular flexibility index (Phi) is 6.65. The Morgan fingerprint density at radius 2 is 1.93 bits per heavy atom. The van der Waals surface area contributed by atoms with Gasteiger partial charge in [-0.15, -0.1) is 0 Å². The summed E-state index contributed by atoms with van der Waals surface area (Å²) in [6, 6.07) is 14.0. The Morgan fingerprint density at radius 3 is 2.67 bits per heavy atom. The number of anilines is 1. The van der Waals surface area contributed by atoms with Crippen LogP contribution in [-0.4, -0.2) is 57.3 Å². The molecule has 3 rings (SSSR count). The maximum Gasteiger partial charge on any atom is 0.226 e. The molecule has 1 amide bonds. The third-order valence-electron chi connectivity index (χ3n) is 4.58. The van der Waals surface area contributed by atoms with Crippen molar-refractivity contribution in [2.75, 3.05) is 51.4 Å². The van der Waals surface area contributed by atoms with Gasteiger partial charge in [-0.3, -0.25) is 4.79 Å². The van der Waals surface area contributed by atoms with Gasteiger partial charge < -0.3 is 19.3 Å². The van der Waals surface area contributed by atoms with Crippen molar-refractivity contribution in [1.82, 2.24) is 4.90 Å². The molecule has 1 aliphatic rings. The zero-order chi connectivity index (χ0) is 19.1. The average molecular weight is 372 g/mol. The van der Waals surface area contributed by atoms with E-state index in [1.807, 2.05) is 12.1 Å². The molecule has 0 spiro atoms. The number of likely N-dealkylation sites (N-methyl/N-ethyl adjacent to an activating group) is 1. The summed E-state index contributed by atoms with van der Waals surface area (Å²) >= 11 is 0. The maximum absolute atomic E-state index is 12.9. The van der Waals surface area contributed by atoms with Gasteiger partial charge in [-0.1, -0.05) is 12.1 Å². The molecule has 0 saturated carbocycles. The molecule has 1 heterocycles. The van der Waals surface area contributed by atoms with Crippen LogP contribution in [0.25, 0.3) is 0 Å². The molecule has 0 aromatic heterocycles. The second-order valence-corrected chi connectivity index (χ2v) is 6.56. The lowest BCUT2D eigenvalue weighted by atomic mass is 10.1. The number of halogens is 1. The lowest BCUT2D eigenvalue weighted by Crippen LogP contribution is -2.36. The number of ether oxygens (including phenoxy) is 2. The van der Waals surface area contributed by atoms with E-state index in [-0.39, 0.29) is 11.7 Å². The van der Waals surface area contributed by atoms with Gasteiger partial charge in [-0.05, 0) is 42.0 Å². The van der Waals surface area contributed by atoms with Gasteiger partial charge in [0.25, 0.3) is 0 Å². The van der Waals surface area contributed by atoms with Gasteiger partial charge in [0, 0.05) is 25.8 Å². The number of carbonyl (C=O) groups is 1. The molecule has 0 bridgehead atoms. The topological polar surface area (TPSA) is 42.0 Å². The van der Waals surface area contributed by atoms with E-state index in [2.05, 4.69) is 17.0 Å². The molecular formula is C21H25FN2O3. The van der Waals surface area contributed by atoms with Gasteiger partial charge in [-0.25, -0.2) is 4.39 Å². The van der Waals surface area contributed by atoms with Crippen molar-refractivity contribution < 1.29 is 18.7 Å². The zero-order valence-corrected chi connectivity index (χ0v) is 15.6. The molecule has 0 N–H and O–H groups in total. The molecule has 1 fully saturated rings. The lowest BCUT2D eigenvalue weighted by Gasteiger charge is -2.29. The van der Waals surface area contributed by atoms with Gasteiger partial charge in [0.05, 0.1) is 26.2 Å². The van der Waals surface area contributed by atoms with E-state index >= 15 is 0 Å². The molecule has 0 unspecified atom stereocenters. The van der Waals surface area contributed by atoms with Crippen molar-refractivity contribution in [3.63, 3.8) is 0 Å². The highest BCUT2D eigenvalue weighted by Crippen LogP contribution is 2.18. The first-order valence-corrected chi connectivity index (χ1v) is 9.16. The average Bonchev–Trinajstić information content (AvgIpc) is 2.70. The number of hydrogen-bond acceptors (Lipinski definition) is 4. The first-order chi connectivity index (χ1) is 13.1. The minimum atomic E-state index is -0.297. The van der Waals surface area contributed by atoms with E-state index in [4.69, 9.17) is 9.47 Å². The highest BCUT2D eigenvalue weighted by atomic mass is 19.1. The van der Waals surface area contributed by atoms with Gasteiger partial charge in [0.15, 0.2) is 0 Å². The van der Waals surface area contributed by atoms with Gasteiger partial charge in [0.2, 0.25) is 5.91 Å². The smallest absolute Gasteiger partial charge is 0.226 e. The van der Waals surface area contributed by atoms with Crippen LogP contribution < -0.4 is 9.64 Å². The van der Waals surface area contributed by atoms with Crippen molar-refractivity contribution in [2.24, 2.45) is 0 Å². The molecule has 2 aromatic rings.